The van der Waals surface area contributed by atoms with E-state index in [9.17, 15) is 22.8 Å². The van der Waals surface area contributed by atoms with Crippen LogP contribution in [0.3, 0.4) is 0 Å². The van der Waals surface area contributed by atoms with Gasteiger partial charge in [0.25, 0.3) is 5.91 Å². The number of nitrogens with zero attached hydrogens (tertiary/aromatic N) is 3. The largest absolute Gasteiger partial charge is 0.494 e. The highest BCUT2D eigenvalue weighted by molar-refractivity contribution is 7.81. The molecule has 2 amide bonds. The first-order valence-electron chi connectivity index (χ1n) is 15.4. The molecule has 1 N–H and O–H groups in total. The van der Waals surface area contributed by atoms with Crippen molar-refractivity contribution in [3.05, 3.63) is 53.6 Å². The smallest absolute Gasteiger partial charge is 0.417 e. The molecule has 48 heavy (non-hydrogen) atoms. The van der Waals surface area contributed by atoms with Crippen LogP contribution >= 0.6 is 12.6 Å². The predicted octanol–water partition coefficient (Wildman–Crippen LogP) is 5.77. The second kappa shape index (κ2) is 17.1. The molecule has 1 saturated heterocycles. The van der Waals surface area contributed by atoms with Gasteiger partial charge in [-0.15, -0.1) is 12.6 Å². The number of hydrogen-bond donors (Lipinski definition) is 2. The molecule has 1 aliphatic rings. The molecule has 11 nitrogen and oxygen atoms in total. The van der Waals surface area contributed by atoms with E-state index in [-0.39, 0.29) is 5.69 Å². The quantitative estimate of drug-likeness (QED) is 0.167. The fraction of sp³-hybridized carbons (Fsp3) is 0.545. The van der Waals surface area contributed by atoms with Crippen molar-refractivity contribution in [2.75, 3.05) is 62.6 Å². The average Bonchev–Trinajstić information content (AvgIpc) is 3.18. The number of rotatable bonds is 16. The highest BCUT2D eigenvalue weighted by atomic mass is 32.1. The number of thiol groups is 1. The summed E-state index contributed by atoms with van der Waals surface area (Å²) in [5, 5.41) is 11.7. The summed E-state index contributed by atoms with van der Waals surface area (Å²) in [5.41, 5.74) is -3.60. The Bertz CT molecular complexity index is 1410. The number of ether oxygens (including phenoxy) is 5. The number of carbonyl (C=O) groups is 2. The van der Waals surface area contributed by atoms with Gasteiger partial charge in [-0.05, 0) is 77.1 Å². The van der Waals surface area contributed by atoms with Crippen LogP contribution in [0.15, 0.2) is 42.5 Å². The monoisotopic (exact) mass is 696 g/mol. The van der Waals surface area contributed by atoms with Gasteiger partial charge in [0.2, 0.25) is 0 Å². The van der Waals surface area contributed by atoms with E-state index in [0.29, 0.717) is 70.7 Å². The zero-order valence-electron chi connectivity index (χ0n) is 27.8. The summed E-state index contributed by atoms with van der Waals surface area (Å²) in [4.78, 5) is 27.9. The Labute approximate surface area is 284 Å². The lowest BCUT2D eigenvalue weighted by Crippen LogP contribution is -2.44. The van der Waals surface area contributed by atoms with Crippen molar-refractivity contribution in [3.8, 4) is 11.8 Å². The first-order chi connectivity index (χ1) is 22.6. The van der Waals surface area contributed by atoms with Gasteiger partial charge in [-0.3, -0.25) is 9.69 Å². The van der Waals surface area contributed by atoms with Crippen LogP contribution in [0, 0.1) is 11.3 Å². The van der Waals surface area contributed by atoms with E-state index in [1.165, 1.54) is 11.0 Å². The number of benzene rings is 2. The maximum atomic E-state index is 13.6. The number of hydrogen-bond acceptors (Lipinski definition) is 10. The number of nitriles is 1. The first kappa shape index (κ1) is 38.7. The fourth-order valence-electron chi connectivity index (χ4n) is 4.76. The molecule has 2 aromatic rings. The number of amides is 2. The van der Waals surface area contributed by atoms with E-state index in [1.807, 2.05) is 0 Å². The topological polar surface area (TPSA) is 123 Å². The van der Waals surface area contributed by atoms with E-state index in [4.69, 9.17) is 28.9 Å². The number of nitrogens with one attached hydrogen (secondary N) is 1. The van der Waals surface area contributed by atoms with Gasteiger partial charge >= 0.3 is 12.3 Å². The van der Waals surface area contributed by atoms with E-state index in [0.717, 1.165) is 12.1 Å². The normalized spacial score (nSPS) is 16.2. The molecule has 1 heterocycles. The fourth-order valence-corrected chi connectivity index (χ4v) is 5.42. The third-order valence-electron chi connectivity index (χ3n) is 6.99. The summed E-state index contributed by atoms with van der Waals surface area (Å²) >= 11 is 4.62. The molecule has 3 rings (SSSR count). The Morgan fingerprint density at radius 2 is 1.52 bits per heavy atom. The molecule has 1 unspecified atom stereocenters. The maximum Gasteiger partial charge on any atom is 0.417 e. The highest BCUT2D eigenvalue weighted by Gasteiger charge is 2.51. The van der Waals surface area contributed by atoms with Crippen LogP contribution in [-0.4, -0.2) is 81.4 Å². The van der Waals surface area contributed by atoms with Crippen LogP contribution in [-0.2, 0) is 29.9 Å². The molecule has 2 aromatic carbocycles. The molecule has 0 bridgehead atoms. The molecule has 264 valence electrons. The van der Waals surface area contributed by atoms with Crippen molar-refractivity contribution in [3.63, 3.8) is 0 Å². The van der Waals surface area contributed by atoms with Crippen LogP contribution < -0.4 is 19.9 Å². The van der Waals surface area contributed by atoms with Crippen LogP contribution in [0.1, 0.15) is 52.2 Å². The van der Waals surface area contributed by atoms with Gasteiger partial charge in [0.05, 0.1) is 56.8 Å². The molecule has 1 aliphatic heterocycles. The van der Waals surface area contributed by atoms with Crippen LogP contribution in [0.4, 0.5) is 29.3 Å². The average molecular weight is 697 g/mol. The van der Waals surface area contributed by atoms with Gasteiger partial charge < -0.3 is 33.9 Å². The van der Waals surface area contributed by atoms with E-state index >= 15 is 0 Å². The Hall–Kier alpha value is -3.71. The second-order valence-corrected chi connectivity index (χ2v) is 12.7. The summed E-state index contributed by atoms with van der Waals surface area (Å²) in [5.74, 6) is 0.158. The van der Waals surface area contributed by atoms with Gasteiger partial charge in [-0.1, -0.05) is 0 Å². The van der Waals surface area contributed by atoms with E-state index in [1.54, 1.807) is 69.9 Å². The van der Waals surface area contributed by atoms with Crippen molar-refractivity contribution in [1.82, 2.24) is 5.32 Å². The minimum absolute atomic E-state index is 0.00815. The van der Waals surface area contributed by atoms with Crippen LogP contribution in [0.25, 0.3) is 0 Å². The summed E-state index contributed by atoms with van der Waals surface area (Å²) in [6.45, 7) is 11.9. The minimum Gasteiger partial charge on any atom is -0.494 e. The molecule has 1 fully saturated rings. The first-order valence-corrected chi connectivity index (χ1v) is 15.9. The van der Waals surface area contributed by atoms with Crippen LogP contribution in [0.5, 0.6) is 5.75 Å². The number of halogens is 3. The third kappa shape index (κ3) is 10.9. The van der Waals surface area contributed by atoms with Crippen molar-refractivity contribution < 1.29 is 46.4 Å². The molecule has 0 aromatic heterocycles. The van der Waals surface area contributed by atoms with E-state index in [2.05, 4.69) is 17.9 Å². The molecule has 0 spiro atoms. The van der Waals surface area contributed by atoms with Crippen molar-refractivity contribution >= 4 is 36.0 Å². The highest BCUT2D eigenvalue weighted by Crippen LogP contribution is 2.42. The van der Waals surface area contributed by atoms with Crippen molar-refractivity contribution in [2.24, 2.45) is 0 Å². The number of anilines is 2. The lowest BCUT2D eigenvalue weighted by atomic mass is 10.0. The second-order valence-electron chi connectivity index (χ2n) is 12.3. The molecular weight excluding hydrogens is 653 g/mol. The summed E-state index contributed by atoms with van der Waals surface area (Å²) < 4.78 is 68.2. The SMILES string of the molecule is CC(C)(C)OC(=O)NCCOCCOCCOCCCOc1ccc(N2C(S)N(c3ccc(C#N)c(C(F)(F)F)c3)C(=O)C2(C)C)cc1. The number of alkyl halides is 3. The Kier molecular flexibility index (Phi) is 13.8. The zero-order valence-corrected chi connectivity index (χ0v) is 28.7. The summed E-state index contributed by atoms with van der Waals surface area (Å²) in [6, 6.07) is 11.7. The lowest BCUT2D eigenvalue weighted by Gasteiger charge is -2.33. The Morgan fingerprint density at radius 3 is 2.10 bits per heavy atom. The molecular formula is C33H43F3N4O7S. The molecule has 0 radical (unpaired) electrons. The molecule has 15 heteroatoms. The van der Waals surface area contributed by atoms with Crippen molar-refractivity contribution in [1.29, 1.82) is 5.26 Å². The zero-order chi connectivity index (χ0) is 35.5. The standard InChI is InChI=1S/C33H43F3N4O7S/c1-31(2,3)47-29(42)38-13-16-44-18-20-45-19-17-43-14-6-15-46-26-11-9-24(10-12-26)40-30(48)39(28(41)32(40,4)5)25-8-7-23(22-37)27(21-25)33(34,35)36/h7-12,21,30,48H,6,13-20H2,1-5H3,(H,38,42). The van der Waals surface area contributed by atoms with E-state index < -0.39 is 45.9 Å². The minimum atomic E-state index is -4.76. The summed E-state index contributed by atoms with van der Waals surface area (Å²) in [6.07, 6.45) is -4.60. The summed E-state index contributed by atoms with van der Waals surface area (Å²) in [7, 11) is 0. The van der Waals surface area contributed by atoms with Gasteiger partial charge in [0.15, 0.2) is 5.50 Å². The Balaban J connectivity index is 1.36. The van der Waals surface area contributed by atoms with Gasteiger partial charge in [-0.2, -0.15) is 18.4 Å². The van der Waals surface area contributed by atoms with Gasteiger partial charge in [0, 0.05) is 30.9 Å². The van der Waals surface area contributed by atoms with Crippen LogP contribution in [0.2, 0.25) is 0 Å². The predicted molar refractivity (Wildman–Crippen MR) is 176 cm³/mol. The molecule has 0 aliphatic carbocycles. The molecule has 1 atom stereocenters. The third-order valence-corrected chi connectivity index (χ3v) is 7.45. The van der Waals surface area contributed by atoms with Gasteiger partial charge in [-0.25, -0.2) is 4.79 Å². The maximum absolute atomic E-state index is 13.6. The lowest BCUT2D eigenvalue weighted by molar-refractivity contribution is -0.137. The Morgan fingerprint density at radius 1 is 0.938 bits per heavy atom. The number of alkyl carbamates (subject to hydrolysis) is 1. The van der Waals surface area contributed by atoms with Crippen molar-refractivity contribution in [2.45, 2.75) is 63.9 Å². The number of carbonyl (C=O) groups excluding carboxylic acids is 2. The van der Waals surface area contributed by atoms with Gasteiger partial charge in [0.1, 0.15) is 16.9 Å². The molecule has 0 saturated carbocycles.